The molecule has 0 radical (unpaired) electrons. The number of carboxylic acid groups (broad SMARTS) is 1. The molecule has 0 bridgehead atoms. The van der Waals surface area contributed by atoms with E-state index in [0.717, 1.165) is 5.82 Å². The van der Waals surface area contributed by atoms with Crippen LogP contribution in [0.5, 0.6) is 0 Å². The molecule has 1 atom stereocenters. The maximum atomic E-state index is 11.5. The van der Waals surface area contributed by atoms with Crippen molar-refractivity contribution in [2.75, 3.05) is 30.3 Å². The summed E-state index contributed by atoms with van der Waals surface area (Å²) in [5, 5.41) is 9.47. The quantitative estimate of drug-likeness (QED) is 0.821. The normalized spacial score (nSPS) is 18.9. The van der Waals surface area contributed by atoms with Crippen molar-refractivity contribution in [3.63, 3.8) is 0 Å². The van der Waals surface area contributed by atoms with Crippen molar-refractivity contribution in [2.24, 2.45) is 5.41 Å². The Labute approximate surface area is 140 Å². The number of anilines is 2. The summed E-state index contributed by atoms with van der Waals surface area (Å²) < 4.78 is 0. The van der Waals surface area contributed by atoms with Gasteiger partial charge in [-0.1, -0.05) is 20.8 Å². The minimum Gasteiger partial charge on any atom is -0.465 e. The molecular formula is C16H22N6O2. The van der Waals surface area contributed by atoms with Crippen molar-refractivity contribution in [3.05, 3.63) is 18.5 Å². The summed E-state index contributed by atoms with van der Waals surface area (Å²) in [5.41, 5.74) is 6.99. The fourth-order valence-electron chi connectivity index (χ4n) is 3.09. The Bertz CT molecular complexity index is 773. The number of amides is 1. The second kappa shape index (κ2) is 5.77. The Hall–Kier alpha value is -2.64. The molecule has 1 aliphatic heterocycles. The van der Waals surface area contributed by atoms with E-state index >= 15 is 0 Å². The van der Waals surface area contributed by atoms with Crippen LogP contribution < -0.4 is 10.6 Å². The number of hydrogen-bond donors (Lipinski definition) is 2. The van der Waals surface area contributed by atoms with Crippen LogP contribution in [0.4, 0.5) is 16.4 Å². The van der Waals surface area contributed by atoms with Crippen LogP contribution in [0.25, 0.3) is 11.0 Å². The molecule has 1 amide bonds. The van der Waals surface area contributed by atoms with Crippen LogP contribution in [0.3, 0.4) is 0 Å². The van der Waals surface area contributed by atoms with Gasteiger partial charge in [0.05, 0.1) is 11.6 Å². The number of pyridine rings is 1. The molecule has 0 aromatic carbocycles. The summed E-state index contributed by atoms with van der Waals surface area (Å²) in [4.78, 5) is 27.9. The van der Waals surface area contributed by atoms with Gasteiger partial charge in [0.15, 0.2) is 5.82 Å². The average Bonchev–Trinajstić information content (AvgIpc) is 2.53. The van der Waals surface area contributed by atoms with Crippen LogP contribution in [0.2, 0.25) is 0 Å². The number of rotatable bonds is 1. The van der Waals surface area contributed by atoms with Crippen molar-refractivity contribution in [1.82, 2.24) is 19.9 Å². The second-order valence-corrected chi connectivity index (χ2v) is 7.10. The van der Waals surface area contributed by atoms with E-state index in [1.54, 1.807) is 0 Å². The van der Waals surface area contributed by atoms with Gasteiger partial charge in [-0.15, -0.1) is 0 Å². The first-order chi connectivity index (χ1) is 11.3. The highest BCUT2D eigenvalue weighted by molar-refractivity contribution is 5.84. The van der Waals surface area contributed by atoms with Crippen molar-refractivity contribution < 1.29 is 9.90 Å². The molecule has 3 heterocycles. The number of nitrogens with zero attached hydrogens (tertiary/aromatic N) is 5. The predicted molar refractivity (Wildman–Crippen MR) is 91.9 cm³/mol. The van der Waals surface area contributed by atoms with E-state index in [2.05, 4.69) is 40.6 Å². The average molecular weight is 330 g/mol. The zero-order chi connectivity index (χ0) is 17.5. The van der Waals surface area contributed by atoms with Gasteiger partial charge >= 0.3 is 6.09 Å². The van der Waals surface area contributed by atoms with Crippen LogP contribution >= 0.6 is 0 Å². The SMILES string of the molecule is CC(C)(C)C1CN(c2ccc3ncnc(N)c3n2)CCN1C(=O)O. The van der Waals surface area contributed by atoms with E-state index < -0.39 is 6.09 Å². The minimum atomic E-state index is -0.876. The fraction of sp³-hybridized carbons (Fsp3) is 0.500. The summed E-state index contributed by atoms with van der Waals surface area (Å²) in [6.45, 7) is 7.77. The van der Waals surface area contributed by atoms with Crippen LogP contribution in [0.1, 0.15) is 20.8 Å². The van der Waals surface area contributed by atoms with Gasteiger partial charge in [-0.3, -0.25) is 0 Å². The van der Waals surface area contributed by atoms with E-state index in [4.69, 9.17) is 5.73 Å². The van der Waals surface area contributed by atoms with E-state index in [9.17, 15) is 9.90 Å². The topological polar surface area (TPSA) is 108 Å². The molecule has 1 saturated heterocycles. The number of nitrogens with two attached hydrogens (primary N) is 1. The fourth-order valence-corrected chi connectivity index (χ4v) is 3.09. The third-order valence-corrected chi connectivity index (χ3v) is 4.45. The molecule has 8 heteroatoms. The smallest absolute Gasteiger partial charge is 0.407 e. The molecule has 2 aromatic rings. The Balaban J connectivity index is 1.93. The molecule has 3 N–H and O–H groups in total. The molecule has 2 aromatic heterocycles. The van der Waals surface area contributed by atoms with E-state index in [1.807, 2.05) is 12.1 Å². The van der Waals surface area contributed by atoms with Crippen LogP contribution in [0, 0.1) is 5.41 Å². The maximum absolute atomic E-state index is 11.5. The summed E-state index contributed by atoms with van der Waals surface area (Å²) in [6, 6.07) is 3.64. The molecule has 8 nitrogen and oxygen atoms in total. The lowest BCUT2D eigenvalue weighted by Crippen LogP contribution is -2.59. The predicted octanol–water partition coefficient (Wildman–Crippen LogP) is 1.82. The number of aromatic nitrogens is 3. The second-order valence-electron chi connectivity index (χ2n) is 7.10. The molecular weight excluding hydrogens is 308 g/mol. The summed E-state index contributed by atoms with van der Waals surface area (Å²) in [6.07, 6.45) is 0.541. The van der Waals surface area contributed by atoms with Gasteiger partial charge < -0.3 is 20.6 Å². The Morgan fingerprint density at radius 2 is 2.04 bits per heavy atom. The third-order valence-electron chi connectivity index (χ3n) is 4.45. The van der Waals surface area contributed by atoms with Crippen LogP contribution in [0.15, 0.2) is 18.5 Å². The summed E-state index contributed by atoms with van der Waals surface area (Å²) in [7, 11) is 0. The molecule has 1 fully saturated rings. The van der Waals surface area contributed by atoms with Crippen molar-refractivity contribution in [1.29, 1.82) is 0 Å². The molecule has 0 aliphatic carbocycles. The minimum absolute atomic E-state index is 0.120. The standard InChI is InChI=1S/C16H22N6O2/c1-16(2,3)11-8-21(6-7-22(11)15(23)24)12-5-4-10-13(20-12)14(17)19-9-18-10/h4-5,9,11H,6-8H2,1-3H3,(H,23,24)(H2,17,18,19). The molecule has 0 spiro atoms. The highest BCUT2D eigenvalue weighted by atomic mass is 16.4. The summed E-state index contributed by atoms with van der Waals surface area (Å²) in [5.74, 6) is 1.11. The molecule has 0 saturated carbocycles. The lowest BCUT2D eigenvalue weighted by atomic mass is 9.84. The number of nitrogen functional groups attached to an aromatic ring is 1. The van der Waals surface area contributed by atoms with Gasteiger partial charge in [0.25, 0.3) is 0 Å². The highest BCUT2D eigenvalue weighted by Crippen LogP contribution is 2.30. The van der Waals surface area contributed by atoms with Crippen molar-refractivity contribution in [3.8, 4) is 0 Å². The largest absolute Gasteiger partial charge is 0.465 e. The zero-order valence-electron chi connectivity index (χ0n) is 14.1. The monoisotopic (exact) mass is 330 g/mol. The molecule has 1 unspecified atom stereocenters. The molecule has 24 heavy (non-hydrogen) atoms. The van der Waals surface area contributed by atoms with E-state index in [1.165, 1.54) is 11.2 Å². The number of hydrogen-bond acceptors (Lipinski definition) is 6. The van der Waals surface area contributed by atoms with Gasteiger partial charge in [0.2, 0.25) is 0 Å². The maximum Gasteiger partial charge on any atom is 0.407 e. The number of carbonyl (C=O) groups is 1. The van der Waals surface area contributed by atoms with Crippen LogP contribution in [-0.2, 0) is 0 Å². The number of piperazine rings is 1. The highest BCUT2D eigenvalue weighted by Gasteiger charge is 2.38. The Morgan fingerprint density at radius 1 is 1.29 bits per heavy atom. The van der Waals surface area contributed by atoms with Gasteiger partial charge in [-0.2, -0.15) is 0 Å². The van der Waals surface area contributed by atoms with Crippen molar-refractivity contribution in [2.45, 2.75) is 26.8 Å². The number of fused-ring (bicyclic) bond motifs is 1. The Kier molecular flexibility index (Phi) is 3.90. The lowest BCUT2D eigenvalue weighted by Gasteiger charge is -2.46. The lowest BCUT2D eigenvalue weighted by molar-refractivity contribution is 0.0747. The zero-order valence-corrected chi connectivity index (χ0v) is 14.1. The molecule has 3 rings (SSSR count). The first-order valence-electron chi connectivity index (χ1n) is 7.89. The van der Waals surface area contributed by atoms with Crippen LogP contribution in [-0.4, -0.2) is 56.7 Å². The van der Waals surface area contributed by atoms with Gasteiger partial charge in [0, 0.05) is 19.6 Å². The Morgan fingerprint density at radius 3 is 2.71 bits per heavy atom. The van der Waals surface area contributed by atoms with E-state index in [-0.39, 0.29) is 11.5 Å². The first-order valence-corrected chi connectivity index (χ1v) is 7.89. The third kappa shape index (κ3) is 2.91. The summed E-state index contributed by atoms with van der Waals surface area (Å²) >= 11 is 0. The first kappa shape index (κ1) is 16.2. The van der Waals surface area contributed by atoms with Gasteiger partial charge in [0.1, 0.15) is 17.7 Å². The van der Waals surface area contributed by atoms with Gasteiger partial charge in [-0.25, -0.2) is 19.7 Å². The van der Waals surface area contributed by atoms with E-state index in [0.29, 0.717) is 36.5 Å². The molecule has 128 valence electrons. The van der Waals surface area contributed by atoms with Gasteiger partial charge in [-0.05, 0) is 17.5 Å². The van der Waals surface area contributed by atoms with Crippen molar-refractivity contribution >= 4 is 28.8 Å². The molecule has 1 aliphatic rings.